The quantitative estimate of drug-likeness (QED) is 0.916. The van der Waals surface area contributed by atoms with Gasteiger partial charge in [0.2, 0.25) is 0 Å². The lowest BCUT2D eigenvalue weighted by Crippen LogP contribution is -2.40. The van der Waals surface area contributed by atoms with Gasteiger partial charge in [0, 0.05) is 24.2 Å². The maximum absolute atomic E-state index is 14.0. The Morgan fingerprint density at radius 2 is 1.90 bits per heavy atom. The van der Waals surface area contributed by atoms with Crippen molar-refractivity contribution in [3.05, 3.63) is 35.4 Å². The molecule has 0 aromatic heterocycles. The van der Waals surface area contributed by atoms with E-state index in [0.29, 0.717) is 18.2 Å². The molecule has 0 heterocycles. The minimum atomic E-state index is -0.799. The lowest BCUT2D eigenvalue weighted by atomic mass is 9.86. The van der Waals surface area contributed by atoms with Crippen molar-refractivity contribution in [2.24, 2.45) is 11.7 Å². The fraction of sp³-hybridized carbons (Fsp3) is 0.625. The molecule has 0 radical (unpaired) electrons. The average Bonchev–Trinajstić information content (AvgIpc) is 2.45. The molecule has 4 heteroatoms. The number of benzene rings is 1. The zero-order chi connectivity index (χ0) is 14.7. The second-order valence-corrected chi connectivity index (χ2v) is 5.97. The predicted octanol–water partition coefficient (Wildman–Crippen LogP) is 3.48. The van der Waals surface area contributed by atoms with Gasteiger partial charge in [-0.1, -0.05) is 19.1 Å². The van der Waals surface area contributed by atoms with Gasteiger partial charge >= 0.3 is 0 Å². The standard InChI is InChI=1S/C16H24F2N2/c1-11-6-8-12(9-7-11)20(2)15(10-19)13-4-3-5-14(17)16(13)18/h3-5,11-12,15H,6-10,19H2,1-2H3. The Hall–Kier alpha value is -1.00. The zero-order valence-electron chi connectivity index (χ0n) is 12.3. The van der Waals surface area contributed by atoms with Crippen LogP contribution in [-0.4, -0.2) is 24.5 Å². The molecule has 112 valence electrons. The molecule has 0 amide bonds. The molecule has 0 aliphatic heterocycles. The van der Waals surface area contributed by atoms with E-state index in [0.717, 1.165) is 24.8 Å². The lowest BCUT2D eigenvalue weighted by molar-refractivity contribution is 0.124. The molecule has 2 N–H and O–H groups in total. The molecule has 0 bridgehead atoms. The Morgan fingerprint density at radius 1 is 1.25 bits per heavy atom. The summed E-state index contributed by atoms with van der Waals surface area (Å²) in [5, 5.41) is 0. The van der Waals surface area contributed by atoms with E-state index in [1.807, 2.05) is 7.05 Å². The first-order valence-electron chi connectivity index (χ1n) is 7.40. The van der Waals surface area contributed by atoms with Gasteiger partial charge in [0.15, 0.2) is 11.6 Å². The maximum Gasteiger partial charge on any atom is 0.163 e. The normalized spacial score (nSPS) is 24.9. The number of nitrogens with two attached hydrogens (primary N) is 1. The number of hydrogen-bond donors (Lipinski definition) is 1. The maximum atomic E-state index is 14.0. The van der Waals surface area contributed by atoms with Gasteiger partial charge in [0.1, 0.15) is 0 Å². The highest BCUT2D eigenvalue weighted by Gasteiger charge is 2.28. The van der Waals surface area contributed by atoms with Crippen LogP contribution in [0.4, 0.5) is 8.78 Å². The minimum Gasteiger partial charge on any atom is -0.329 e. The highest BCUT2D eigenvalue weighted by molar-refractivity contribution is 5.23. The average molecular weight is 282 g/mol. The summed E-state index contributed by atoms with van der Waals surface area (Å²) in [6.07, 6.45) is 4.59. The summed E-state index contributed by atoms with van der Waals surface area (Å²) in [6, 6.07) is 4.48. The summed E-state index contributed by atoms with van der Waals surface area (Å²) in [5.74, 6) is -0.799. The highest BCUT2D eigenvalue weighted by atomic mass is 19.2. The van der Waals surface area contributed by atoms with Crippen LogP contribution in [0.15, 0.2) is 18.2 Å². The van der Waals surface area contributed by atoms with Crippen molar-refractivity contribution in [1.29, 1.82) is 0 Å². The summed E-state index contributed by atoms with van der Waals surface area (Å²) >= 11 is 0. The first-order chi connectivity index (χ1) is 9.54. The fourth-order valence-electron chi connectivity index (χ4n) is 3.19. The highest BCUT2D eigenvalue weighted by Crippen LogP contribution is 2.32. The molecule has 1 aliphatic carbocycles. The molecule has 0 spiro atoms. The topological polar surface area (TPSA) is 29.3 Å². The molecule has 1 fully saturated rings. The molecular formula is C16H24F2N2. The fourth-order valence-corrected chi connectivity index (χ4v) is 3.19. The number of nitrogens with zero attached hydrogens (tertiary/aromatic N) is 1. The van der Waals surface area contributed by atoms with E-state index in [1.54, 1.807) is 12.1 Å². The molecule has 0 saturated heterocycles. The van der Waals surface area contributed by atoms with Gasteiger partial charge in [-0.25, -0.2) is 8.78 Å². The van der Waals surface area contributed by atoms with Gasteiger partial charge in [-0.3, -0.25) is 4.90 Å². The second kappa shape index (κ2) is 6.64. The van der Waals surface area contributed by atoms with Crippen LogP contribution in [0.5, 0.6) is 0 Å². The monoisotopic (exact) mass is 282 g/mol. The summed E-state index contributed by atoms with van der Waals surface area (Å²) in [4.78, 5) is 2.13. The van der Waals surface area contributed by atoms with Crippen LogP contribution >= 0.6 is 0 Å². The van der Waals surface area contributed by atoms with E-state index in [1.165, 1.54) is 12.8 Å². The third-order valence-electron chi connectivity index (χ3n) is 4.62. The minimum absolute atomic E-state index is 0.260. The Labute approximate surface area is 120 Å². The molecule has 1 aromatic rings. The van der Waals surface area contributed by atoms with Gasteiger partial charge in [0.05, 0.1) is 0 Å². The SMILES string of the molecule is CC1CCC(N(C)C(CN)c2cccc(F)c2F)CC1. The first-order valence-corrected chi connectivity index (χ1v) is 7.40. The van der Waals surface area contributed by atoms with Crippen molar-refractivity contribution in [2.75, 3.05) is 13.6 Å². The second-order valence-electron chi connectivity index (χ2n) is 5.97. The van der Waals surface area contributed by atoms with Crippen LogP contribution in [-0.2, 0) is 0 Å². The third kappa shape index (κ3) is 3.18. The summed E-state index contributed by atoms with van der Waals surface area (Å²) in [5.41, 5.74) is 6.20. The van der Waals surface area contributed by atoms with Crippen molar-refractivity contribution < 1.29 is 8.78 Å². The summed E-state index contributed by atoms with van der Waals surface area (Å²) in [6.45, 7) is 2.56. The molecule has 2 rings (SSSR count). The molecule has 1 aliphatic rings. The molecular weight excluding hydrogens is 258 g/mol. The van der Waals surface area contributed by atoms with Crippen LogP contribution < -0.4 is 5.73 Å². The van der Waals surface area contributed by atoms with E-state index >= 15 is 0 Å². The molecule has 2 nitrogen and oxygen atoms in total. The first kappa shape index (κ1) is 15.4. The van der Waals surface area contributed by atoms with Gasteiger partial charge in [-0.2, -0.15) is 0 Å². The summed E-state index contributed by atoms with van der Waals surface area (Å²) < 4.78 is 27.4. The molecule has 1 saturated carbocycles. The van der Waals surface area contributed by atoms with Crippen LogP contribution in [0.2, 0.25) is 0 Å². The van der Waals surface area contributed by atoms with Crippen molar-refractivity contribution in [3.8, 4) is 0 Å². The largest absolute Gasteiger partial charge is 0.329 e. The molecule has 20 heavy (non-hydrogen) atoms. The van der Waals surface area contributed by atoms with E-state index in [4.69, 9.17) is 5.73 Å². The number of rotatable bonds is 4. The number of likely N-dealkylation sites (N-methyl/N-ethyl adjacent to an activating group) is 1. The van der Waals surface area contributed by atoms with E-state index in [2.05, 4.69) is 11.8 Å². The predicted molar refractivity (Wildman–Crippen MR) is 77.3 cm³/mol. The Bertz CT molecular complexity index is 442. The zero-order valence-corrected chi connectivity index (χ0v) is 12.3. The van der Waals surface area contributed by atoms with Crippen molar-refractivity contribution in [1.82, 2.24) is 4.90 Å². The van der Waals surface area contributed by atoms with Crippen molar-refractivity contribution >= 4 is 0 Å². The molecule has 1 aromatic carbocycles. The number of halogens is 2. The van der Waals surface area contributed by atoms with Crippen LogP contribution in [0.1, 0.15) is 44.2 Å². The van der Waals surface area contributed by atoms with E-state index in [-0.39, 0.29) is 6.04 Å². The molecule has 1 unspecified atom stereocenters. The summed E-state index contributed by atoms with van der Waals surface area (Å²) in [7, 11) is 1.97. The Balaban J connectivity index is 2.17. The van der Waals surface area contributed by atoms with Crippen molar-refractivity contribution in [2.45, 2.75) is 44.7 Å². The Morgan fingerprint density at radius 3 is 2.50 bits per heavy atom. The Kier molecular flexibility index (Phi) is 5.11. The number of hydrogen-bond acceptors (Lipinski definition) is 2. The smallest absolute Gasteiger partial charge is 0.163 e. The molecule has 1 atom stereocenters. The van der Waals surface area contributed by atoms with Crippen molar-refractivity contribution in [3.63, 3.8) is 0 Å². The van der Waals surface area contributed by atoms with Crippen LogP contribution in [0, 0.1) is 17.6 Å². The third-order valence-corrected chi connectivity index (χ3v) is 4.62. The van der Waals surface area contributed by atoms with Gasteiger partial charge in [-0.15, -0.1) is 0 Å². The van der Waals surface area contributed by atoms with Crippen LogP contribution in [0.3, 0.4) is 0 Å². The van der Waals surface area contributed by atoms with Gasteiger partial charge < -0.3 is 5.73 Å². The van der Waals surface area contributed by atoms with E-state index in [9.17, 15) is 8.78 Å². The van der Waals surface area contributed by atoms with Crippen LogP contribution in [0.25, 0.3) is 0 Å². The lowest BCUT2D eigenvalue weighted by Gasteiger charge is -2.38. The van der Waals surface area contributed by atoms with Gasteiger partial charge in [0.25, 0.3) is 0 Å². The van der Waals surface area contributed by atoms with Gasteiger partial charge in [-0.05, 0) is 44.7 Å². The van der Waals surface area contributed by atoms with E-state index < -0.39 is 11.6 Å².